The Balaban J connectivity index is 2.31. The topological polar surface area (TPSA) is 30.8 Å². The third kappa shape index (κ3) is 2.19. The quantitative estimate of drug-likeness (QED) is 0.620. The summed E-state index contributed by atoms with van der Waals surface area (Å²) in [4.78, 5) is 5.13. The fraction of sp³-hybridized carbons (Fsp3) is 0.875. The lowest BCUT2D eigenvalue weighted by Crippen LogP contribution is -2.16. The van der Waals surface area contributed by atoms with Gasteiger partial charge in [-0.2, -0.15) is 0 Å². The summed E-state index contributed by atoms with van der Waals surface area (Å²) < 4.78 is 4.96. The highest BCUT2D eigenvalue weighted by Gasteiger charge is 2.22. The van der Waals surface area contributed by atoms with Gasteiger partial charge in [0.1, 0.15) is 0 Å². The molecule has 0 radical (unpaired) electrons. The third-order valence-electron chi connectivity index (χ3n) is 1.77. The maximum atomic E-state index is 5.13. The maximum Gasteiger partial charge on any atom is 0.156 e. The molecule has 1 aliphatic rings. The molecule has 0 N–H and O–H groups in total. The zero-order valence-electron chi connectivity index (χ0n) is 7.33. The first-order chi connectivity index (χ1) is 5.24. The molecule has 1 heterocycles. The van der Waals surface area contributed by atoms with Crippen LogP contribution in [0.25, 0.3) is 0 Å². The van der Waals surface area contributed by atoms with Gasteiger partial charge in [0.25, 0.3) is 0 Å². The third-order valence-corrected chi connectivity index (χ3v) is 1.77. The van der Waals surface area contributed by atoms with Gasteiger partial charge in [0, 0.05) is 13.5 Å². The van der Waals surface area contributed by atoms with Crippen LogP contribution in [-0.4, -0.2) is 25.5 Å². The molecule has 0 spiro atoms. The number of methoxy groups -OCH3 is 1. The first-order valence-corrected chi connectivity index (χ1v) is 3.95. The van der Waals surface area contributed by atoms with Crippen LogP contribution in [0.3, 0.4) is 0 Å². The number of rotatable bonds is 3. The molecule has 0 aliphatic carbocycles. The Labute approximate surface area is 67.4 Å². The Morgan fingerprint density at radius 1 is 1.73 bits per heavy atom. The van der Waals surface area contributed by atoms with E-state index in [0.717, 1.165) is 12.1 Å². The lowest BCUT2D eigenvalue weighted by molar-refractivity contribution is 0.0208. The normalized spacial score (nSPS) is 23.6. The summed E-state index contributed by atoms with van der Waals surface area (Å²) in [5.74, 6) is 0.497. The molecule has 11 heavy (non-hydrogen) atoms. The molecule has 1 rings (SSSR count). The number of oxime groups is 1. The summed E-state index contributed by atoms with van der Waals surface area (Å²) in [5.41, 5.74) is 1.15. The summed E-state index contributed by atoms with van der Waals surface area (Å²) >= 11 is 0. The van der Waals surface area contributed by atoms with Crippen LogP contribution >= 0.6 is 0 Å². The molecule has 0 aromatic rings. The van der Waals surface area contributed by atoms with Crippen molar-refractivity contribution in [2.24, 2.45) is 11.1 Å². The fourth-order valence-corrected chi connectivity index (χ4v) is 1.07. The van der Waals surface area contributed by atoms with Gasteiger partial charge in [0.2, 0.25) is 0 Å². The van der Waals surface area contributed by atoms with Gasteiger partial charge in [-0.05, 0) is 5.92 Å². The van der Waals surface area contributed by atoms with Gasteiger partial charge in [-0.1, -0.05) is 19.0 Å². The van der Waals surface area contributed by atoms with E-state index in [1.807, 2.05) is 0 Å². The summed E-state index contributed by atoms with van der Waals surface area (Å²) in [6.07, 6.45) is 1.07. The Morgan fingerprint density at radius 2 is 2.45 bits per heavy atom. The van der Waals surface area contributed by atoms with Crippen LogP contribution in [-0.2, 0) is 9.57 Å². The van der Waals surface area contributed by atoms with Gasteiger partial charge < -0.3 is 9.57 Å². The summed E-state index contributed by atoms with van der Waals surface area (Å²) in [6.45, 7) is 4.88. The van der Waals surface area contributed by atoms with Gasteiger partial charge in [-0.3, -0.25) is 0 Å². The number of ether oxygens (including phenoxy) is 1. The van der Waals surface area contributed by atoms with E-state index in [2.05, 4.69) is 19.0 Å². The molecule has 1 atom stereocenters. The zero-order chi connectivity index (χ0) is 8.27. The van der Waals surface area contributed by atoms with Crippen LogP contribution < -0.4 is 0 Å². The lowest BCUT2D eigenvalue weighted by atomic mass is 10.0. The van der Waals surface area contributed by atoms with E-state index < -0.39 is 0 Å². The van der Waals surface area contributed by atoms with Crippen LogP contribution in [0.5, 0.6) is 0 Å². The van der Waals surface area contributed by atoms with Gasteiger partial charge >= 0.3 is 0 Å². The first kappa shape index (κ1) is 8.53. The predicted octanol–water partition coefficient (Wildman–Crippen LogP) is 1.43. The van der Waals surface area contributed by atoms with Crippen LogP contribution in [0.4, 0.5) is 0 Å². The minimum absolute atomic E-state index is 0.150. The Morgan fingerprint density at radius 3 is 2.91 bits per heavy atom. The summed E-state index contributed by atoms with van der Waals surface area (Å²) in [6, 6.07) is 0. The Bertz CT molecular complexity index is 154. The minimum atomic E-state index is 0.150. The molecule has 3 heteroatoms. The first-order valence-electron chi connectivity index (χ1n) is 3.95. The number of hydrogen-bond acceptors (Lipinski definition) is 3. The van der Waals surface area contributed by atoms with E-state index in [4.69, 9.17) is 9.57 Å². The molecule has 64 valence electrons. The van der Waals surface area contributed by atoms with Crippen molar-refractivity contribution in [3.8, 4) is 0 Å². The highest BCUT2D eigenvalue weighted by molar-refractivity contribution is 5.87. The average Bonchev–Trinajstić information content (AvgIpc) is 2.37. The predicted molar refractivity (Wildman–Crippen MR) is 43.6 cm³/mol. The molecular formula is C8H15NO2. The molecular weight excluding hydrogens is 142 g/mol. The largest absolute Gasteiger partial charge is 0.390 e. The average molecular weight is 157 g/mol. The van der Waals surface area contributed by atoms with Crippen molar-refractivity contribution in [3.05, 3.63) is 0 Å². The van der Waals surface area contributed by atoms with E-state index >= 15 is 0 Å². The fourth-order valence-electron chi connectivity index (χ4n) is 1.07. The van der Waals surface area contributed by atoms with E-state index in [-0.39, 0.29) is 6.10 Å². The number of hydrogen-bond donors (Lipinski definition) is 0. The molecule has 3 nitrogen and oxygen atoms in total. The minimum Gasteiger partial charge on any atom is -0.390 e. The van der Waals surface area contributed by atoms with Crippen molar-refractivity contribution in [3.63, 3.8) is 0 Å². The molecule has 0 aromatic heterocycles. The van der Waals surface area contributed by atoms with Gasteiger partial charge in [-0.25, -0.2) is 0 Å². The van der Waals surface area contributed by atoms with E-state index in [1.54, 1.807) is 7.11 Å². The second kappa shape index (κ2) is 3.72. The standard InChI is InChI=1S/C8H15NO2/c1-6(2)8-4-7(5-10-3)11-9-8/h6-7H,4-5H2,1-3H3. The van der Waals surface area contributed by atoms with Crippen molar-refractivity contribution >= 4 is 5.71 Å². The van der Waals surface area contributed by atoms with Crippen LogP contribution in [0.15, 0.2) is 5.16 Å². The number of nitrogens with zero attached hydrogens (tertiary/aromatic N) is 1. The Kier molecular flexibility index (Phi) is 2.88. The van der Waals surface area contributed by atoms with Crippen molar-refractivity contribution in [1.29, 1.82) is 0 Å². The molecule has 0 aromatic carbocycles. The van der Waals surface area contributed by atoms with E-state index in [1.165, 1.54) is 0 Å². The molecule has 1 aliphatic heterocycles. The van der Waals surface area contributed by atoms with Gasteiger partial charge in [-0.15, -0.1) is 0 Å². The van der Waals surface area contributed by atoms with Gasteiger partial charge in [0.15, 0.2) is 6.10 Å². The molecule has 0 bridgehead atoms. The SMILES string of the molecule is COCC1CC(C(C)C)=NO1. The summed E-state index contributed by atoms with van der Waals surface area (Å²) in [7, 11) is 1.68. The Hall–Kier alpha value is -0.570. The van der Waals surface area contributed by atoms with E-state index in [0.29, 0.717) is 12.5 Å². The smallest absolute Gasteiger partial charge is 0.156 e. The second-order valence-electron chi connectivity index (χ2n) is 3.12. The van der Waals surface area contributed by atoms with Crippen LogP contribution in [0.1, 0.15) is 20.3 Å². The molecule has 0 amide bonds. The molecule has 0 fully saturated rings. The monoisotopic (exact) mass is 157 g/mol. The zero-order valence-corrected chi connectivity index (χ0v) is 7.33. The van der Waals surface area contributed by atoms with Crippen molar-refractivity contribution in [1.82, 2.24) is 0 Å². The highest BCUT2D eigenvalue weighted by Crippen LogP contribution is 2.15. The molecule has 1 unspecified atom stereocenters. The maximum absolute atomic E-state index is 5.13. The van der Waals surface area contributed by atoms with Crippen LogP contribution in [0, 0.1) is 5.92 Å². The van der Waals surface area contributed by atoms with Crippen molar-refractivity contribution in [2.45, 2.75) is 26.4 Å². The van der Waals surface area contributed by atoms with Crippen LogP contribution in [0.2, 0.25) is 0 Å². The summed E-state index contributed by atoms with van der Waals surface area (Å²) in [5, 5.41) is 3.97. The van der Waals surface area contributed by atoms with Crippen molar-refractivity contribution < 1.29 is 9.57 Å². The molecule has 0 saturated carbocycles. The molecule has 0 saturated heterocycles. The highest BCUT2D eigenvalue weighted by atomic mass is 16.7. The van der Waals surface area contributed by atoms with E-state index in [9.17, 15) is 0 Å². The van der Waals surface area contributed by atoms with Crippen molar-refractivity contribution in [2.75, 3.05) is 13.7 Å². The second-order valence-corrected chi connectivity index (χ2v) is 3.12. The lowest BCUT2D eigenvalue weighted by Gasteiger charge is -2.05. The van der Waals surface area contributed by atoms with Gasteiger partial charge in [0.05, 0.1) is 12.3 Å².